The van der Waals surface area contributed by atoms with Crippen LogP contribution in [0.5, 0.6) is 0 Å². The van der Waals surface area contributed by atoms with E-state index >= 15 is 0 Å². The van der Waals surface area contributed by atoms with Crippen molar-refractivity contribution in [1.29, 1.82) is 0 Å². The number of hydrogen-bond acceptors (Lipinski definition) is 5. The van der Waals surface area contributed by atoms with Crippen LogP contribution in [0.15, 0.2) is 6.20 Å². The van der Waals surface area contributed by atoms with E-state index in [1.165, 1.54) is 30.4 Å². The number of aromatic nitrogens is 1. The Morgan fingerprint density at radius 2 is 2.28 bits per heavy atom. The first-order chi connectivity index (χ1) is 8.56. The predicted molar refractivity (Wildman–Crippen MR) is 72.6 cm³/mol. The van der Waals surface area contributed by atoms with E-state index in [9.17, 15) is 4.79 Å². The van der Waals surface area contributed by atoms with Crippen molar-refractivity contribution in [1.82, 2.24) is 9.88 Å². The van der Waals surface area contributed by atoms with E-state index in [1.54, 1.807) is 0 Å². The van der Waals surface area contributed by atoms with Crippen LogP contribution in [0.3, 0.4) is 0 Å². The van der Waals surface area contributed by atoms with E-state index < -0.39 is 5.97 Å². The summed E-state index contributed by atoms with van der Waals surface area (Å²) in [6.07, 6.45) is 3.85. The van der Waals surface area contributed by atoms with Gasteiger partial charge in [-0.05, 0) is 38.9 Å². The van der Waals surface area contributed by atoms with Gasteiger partial charge in [0.1, 0.15) is 4.88 Å². The Kier molecular flexibility index (Phi) is 4.19. The van der Waals surface area contributed by atoms with Gasteiger partial charge in [-0.3, -0.25) is 0 Å². The average Bonchev–Trinajstić information content (AvgIpc) is 2.81. The molecule has 100 valence electrons. The Bertz CT molecular complexity index is 413. The maximum atomic E-state index is 10.8. The molecule has 1 fully saturated rings. The van der Waals surface area contributed by atoms with Gasteiger partial charge in [-0.1, -0.05) is 11.3 Å². The van der Waals surface area contributed by atoms with Crippen molar-refractivity contribution in [3.05, 3.63) is 11.1 Å². The van der Waals surface area contributed by atoms with Crippen molar-refractivity contribution in [3.8, 4) is 0 Å². The smallest absolute Gasteiger partial charge is 0.347 e. The zero-order valence-electron chi connectivity index (χ0n) is 10.8. The Balaban J connectivity index is 1.90. The maximum absolute atomic E-state index is 10.8. The van der Waals surface area contributed by atoms with Crippen molar-refractivity contribution in [3.63, 3.8) is 0 Å². The number of likely N-dealkylation sites (tertiary alicyclic amines) is 1. The third kappa shape index (κ3) is 3.20. The first-order valence-corrected chi connectivity index (χ1v) is 6.96. The highest BCUT2D eigenvalue weighted by atomic mass is 32.1. The molecular weight excluding hydrogens is 250 g/mol. The fourth-order valence-corrected chi connectivity index (χ4v) is 2.98. The van der Waals surface area contributed by atoms with Crippen molar-refractivity contribution in [2.45, 2.75) is 12.8 Å². The molecule has 1 aliphatic rings. The number of carbonyl (C=O) groups is 1. The van der Waals surface area contributed by atoms with Gasteiger partial charge in [0, 0.05) is 13.6 Å². The SMILES string of the molecule is CN1CCC(CN(C)c2ncc(C(=O)O)s2)CC1. The van der Waals surface area contributed by atoms with E-state index in [2.05, 4.69) is 21.8 Å². The number of nitrogens with zero attached hydrogens (tertiary/aromatic N) is 3. The summed E-state index contributed by atoms with van der Waals surface area (Å²) in [5.41, 5.74) is 0. The largest absolute Gasteiger partial charge is 0.477 e. The molecule has 1 aromatic rings. The third-order valence-corrected chi connectivity index (χ3v) is 4.50. The maximum Gasteiger partial charge on any atom is 0.347 e. The van der Waals surface area contributed by atoms with E-state index in [0.29, 0.717) is 10.8 Å². The lowest BCUT2D eigenvalue weighted by molar-refractivity contribution is 0.0702. The van der Waals surface area contributed by atoms with Crippen molar-refractivity contribution < 1.29 is 9.90 Å². The molecule has 5 nitrogen and oxygen atoms in total. The summed E-state index contributed by atoms with van der Waals surface area (Å²) < 4.78 is 0. The molecule has 1 N–H and O–H groups in total. The fourth-order valence-electron chi connectivity index (χ4n) is 2.25. The van der Waals surface area contributed by atoms with Crippen LogP contribution in [0.2, 0.25) is 0 Å². The molecule has 0 amide bonds. The van der Waals surface area contributed by atoms with Crippen LogP contribution in [-0.4, -0.2) is 54.7 Å². The number of carboxylic acid groups (broad SMARTS) is 1. The summed E-state index contributed by atoms with van der Waals surface area (Å²) in [6, 6.07) is 0. The Hall–Kier alpha value is -1.14. The second-order valence-corrected chi connectivity index (χ2v) is 5.95. The molecule has 1 aliphatic heterocycles. The van der Waals surface area contributed by atoms with Crippen LogP contribution in [-0.2, 0) is 0 Å². The van der Waals surface area contributed by atoms with Crippen LogP contribution in [0.25, 0.3) is 0 Å². The van der Waals surface area contributed by atoms with Gasteiger partial charge >= 0.3 is 5.97 Å². The quantitative estimate of drug-likeness (QED) is 0.900. The molecule has 0 spiro atoms. The van der Waals surface area contributed by atoms with E-state index in [-0.39, 0.29) is 0 Å². The Morgan fingerprint density at radius 1 is 1.61 bits per heavy atom. The van der Waals surface area contributed by atoms with E-state index in [0.717, 1.165) is 24.8 Å². The summed E-state index contributed by atoms with van der Waals surface area (Å²) in [5.74, 6) is -0.213. The summed E-state index contributed by atoms with van der Waals surface area (Å²) in [4.78, 5) is 19.7. The minimum atomic E-state index is -0.897. The third-order valence-electron chi connectivity index (χ3n) is 3.40. The molecule has 0 aliphatic carbocycles. The number of anilines is 1. The Labute approximate surface area is 111 Å². The van der Waals surface area contributed by atoms with Gasteiger partial charge in [0.15, 0.2) is 5.13 Å². The molecule has 0 aromatic carbocycles. The summed E-state index contributed by atoms with van der Waals surface area (Å²) >= 11 is 1.24. The van der Waals surface area contributed by atoms with Crippen LogP contribution < -0.4 is 4.90 Å². The lowest BCUT2D eigenvalue weighted by Crippen LogP contribution is -2.35. The normalized spacial score (nSPS) is 17.9. The van der Waals surface area contributed by atoms with Gasteiger partial charge in [0.25, 0.3) is 0 Å². The van der Waals surface area contributed by atoms with E-state index in [4.69, 9.17) is 5.11 Å². The molecule has 0 atom stereocenters. The number of piperidine rings is 1. The van der Waals surface area contributed by atoms with Crippen LogP contribution in [0, 0.1) is 5.92 Å². The average molecular weight is 269 g/mol. The molecule has 0 unspecified atom stereocenters. The van der Waals surface area contributed by atoms with Gasteiger partial charge in [0.05, 0.1) is 6.20 Å². The molecule has 0 bridgehead atoms. The molecule has 1 aromatic heterocycles. The molecule has 1 saturated heterocycles. The Morgan fingerprint density at radius 3 is 2.83 bits per heavy atom. The van der Waals surface area contributed by atoms with Crippen LogP contribution in [0.4, 0.5) is 5.13 Å². The zero-order chi connectivity index (χ0) is 13.1. The fraction of sp³-hybridized carbons (Fsp3) is 0.667. The highest BCUT2D eigenvalue weighted by Gasteiger charge is 2.20. The lowest BCUT2D eigenvalue weighted by atomic mass is 9.97. The molecule has 0 radical (unpaired) electrons. The number of carboxylic acids is 1. The first kappa shape index (κ1) is 13.3. The second kappa shape index (κ2) is 5.67. The van der Waals surface area contributed by atoms with Crippen LogP contribution in [0.1, 0.15) is 22.5 Å². The van der Waals surface area contributed by atoms with Gasteiger partial charge in [-0.2, -0.15) is 0 Å². The van der Waals surface area contributed by atoms with Gasteiger partial charge in [0.2, 0.25) is 0 Å². The van der Waals surface area contributed by atoms with Gasteiger partial charge in [-0.15, -0.1) is 0 Å². The minimum Gasteiger partial charge on any atom is -0.477 e. The zero-order valence-corrected chi connectivity index (χ0v) is 11.6. The van der Waals surface area contributed by atoms with Crippen molar-refractivity contribution in [2.75, 3.05) is 38.6 Å². The second-order valence-electron chi connectivity index (χ2n) is 4.94. The topological polar surface area (TPSA) is 56.7 Å². The number of thiazole rings is 1. The highest BCUT2D eigenvalue weighted by molar-refractivity contribution is 7.17. The summed E-state index contributed by atoms with van der Waals surface area (Å²) in [6.45, 7) is 3.26. The lowest BCUT2D eigenvalue weighted by Gasteiger charge is -2.31. The standard InChI is InChI=1S/C12H19N3O2S/c1-14-5-3-9(4-6-14)8-15(2)12-13-7-10(18-12)11(16)17/h7,9H,3-6,8H2,1-2H3,(H,16,17). The van der Waals surface area contributed by atoms with Gasteiger partial charge < -0.3 is 14.9 Å². The molecule has 18 heavy (non-hydrogen) atoms. The van der Waals surface area contributed by atoms with Crippen molar-refractivity contribution in [2.24, 2.45) is 5.92 Å². The summed E-state index contributed by atoms with van der Waals surface area (Å²) in [7, 11) is 4.14. The first-order valence-electron chi connectivity index (χ1n) is 6.15. The molecular formula is C12H19N3O2S. The number of hydrogen-bond donors (Lipinski definition) is 1. The monoisotopic (exact) mass is 269 g/mol. The molecule has 2 heterocycles. The molecule has 0 saturated carbocycles. The number of rotatable bonds is 4. The predicted octanol–water partition coefficient (Wildman–Crippen LogP) is 1.62. The molecule has 2 rings (SSSR count). The highest BCUT2D eigenvalue weighted by Crippen LogP contribution is 2.24. The molecule has 6 heteroatoms. The summed E-state index contributed by atoms with van der Waals surface area (Å²) in [5, 5.41) is 9.67. The van der Waals surface area contributed by atoms with Crippen LogP contribution >= 0.6 is 11.3 Å². The van der Waals surface area contributed by atoms with Crippen molar-refractivity contribution >= 4 is 22.4 Å². The van der Waals surface area contributed by atoms with E-state index in [1.807, 2.05) is 7.05 Å². The van der Waals surface area contributed by atoms with Gasteiger partial charge in [-0.25, -0.2) is 9.78 Å². The number of aromatic carboxylic acids is 1. The minimum absolute atomic E-state index is 0.306.